The number of carbonyl (C=O) groups is 2. The summed E-state index contributed by atoms with van der Waals surface area (Å²) in [6, 6.07) is 11.4. The van der Waals surface area contributed by atoms with Crippen molar-refractivity contribution in [2.45, 2.75) is 31.6 Å². The normalized spacial score (nSPS) is 15.8. The van der Waals surface area contributed by atoms with Crippen molar-refractivity contribution in [3.8, 4) is 0 Å². The molecular weight excluding hydrogens is 412 g/mol. The molecule has 2 aromatic rings. The van der Waals surface area contributed by atoms with E-state index in [0.29, 0.717) is 29.1 Å². The van der Waals surface area contributed by atoms with E-state index in [-0.39, 0.29) is 35.6 Å². The highest BCUT2D eigenvalue weighted by molar-refractivity contribution is 7.89. The first kappa shape index (κ1) is 21.5. The molecule has 2 aromatic carbocycles. The summed E-state index contributed by atoms with van der Waals surface area (Å²) in [6.45, 7) is 3.78. The molecule has 1 aliphatic rings. The largest absolute Gasteiger partial charge is 0.326 e. The average Bonchev–Trinajstić information content (AvgIpc) is 2.71. The van der Waals surface area contributed by atoms with E-state index < -0.39 is 10.0 Å². The standard InChI is InChI=1S/C21H23ClN2O4S/c1-14-6-7-18(13-20(14)22)23-21(26)16-8-10-24(11-9-16)29(27,28)19-5-3-4-17(12-19)15(2)25/h3-7,12-13,16H,8-11H2,1-2H3,(H,23,26). The maximum Gasteiger partial charge on any atom is 0.243 e. The second-order valence-electron chi connectivity index (χ2n) is 7.22. The molecule has 1 heterocycles. The monoisotopic (exact) mass is 434 g/mol. The highest BCUT2D eigenvalue weighted by atomic mass is 35.5. The van der Waals surface area contributed by atoms with E-state index in [1.807, 2.05) is 13.0 Å². The van der Waals surface area contributed by atoms with Crippen LogP contribution in [0.25, 0.3) is 0 Å². The topological polar surface area (TPSA) is 83.6 Å². The molecular formula is C21H23ClN2O4S. The highest BCUT2D eigenvalue weighted by Gasteiger charge is 2.32. The third kappa shape index (κ3) is 4.86. The highest BCUT2D eigenvalue weighted by Crippen LogP contribution is 2.26. The Morgan fingerprint density at radius 1 is 1.10 bits per heavy atom. The van der Waals surface area contributed by atoms with Gasteiger partial charge in [0.05, 0.1) is 4.90 Å². The Morgan fingerprint density at radius 2 is 1.79 bits per heavy atom. The van der Waals surface area contributed by atoms with E-state index in [4.69, 9.17) is 11.6 Å². The third-order valence-corrected chi connectivity index (χ3v) is 7.44. The van der Waals surface area contributed by atoms with Crippen molar-refractivity contribution in [3.05, 3.63) is 58.6 Å². The van der Waals surface area contributed by atoms with Crippen molar-refractivity contribution in [1.82, 2.24) is 4.31 Å². The van der Waals surface area contributed by atoms with Crippen LogP contribution in [0.5, 0.6) is 0 Å². The number of hydrogen-bond acceptors (Lipinski definition) is 4. The van der Waals surface area contributed by atoms with Gasteiger partial charge in [-0.2, -0.15) is 4.31 Å². The van der Waals surface area contributed by atoms with Gasteiger partial charge in [0, 0.05) is 35.3 Å². The number of Topliss-reactive ketones (excluding diaryl/α,β-unsaturated/α-hetero) is 1. The summed E-state index contributed by atoms with van der Waals surface area (Å²) < 4.78 is 27.2. The Labute approximate surface area is 175 Å². The van der Waals surface area contributed by atoms with Crippen LogP contribution in [-0.4, -0.2) is 37.5 Å². The summed E-state index contributed by atoms with van der Waals surface area (Å²) in [5, 5.41) is 3.44. The Balaban J connectivity index is 1.65. The van der Waals surface area contributed by atoms with Crippen LogP contribution in [0, 0.1) is 12.8 Å². The molecule has 1 N–H and O–H groups in total. The van der Waals surface area contributed by atoms with Gasteiger partial charge in [-0.25, -0.2) is 8.42 Å². The zero-order valence-corrected chi connectivity index (χ0v) is 17.9. The summed E-state index contributed by atoms with van der Waals surface area (Å²) in [5.74, 6) is -0.598. The van der Waals surface area contributed by atoms with Gasteiger partial charge in [0.1, 0.15) is 0 Å². The van der Waals surface area contributed by atoms with E-state index in [0.717, 1.165) is 5.56 Å². The molecule has 0 radical (unpaired) electrons. The SMILES string of the molecule is CC(=O)c1cccc(S(=O)(=O)N2CCC(C(=O)Nc3ccc(C)c(Cl)c3)CC2)c1. The van der Waals surface area contributed by atoms with Gasteiger partial charge in [0.25, 0.3) is 0 Å². The van der Waals surface area contributed by atoms with Gasteiger partial charge >= 0.3 is 0 Å². The molecule has 0 saturated carbocycles. The molecule has 8 heteroatoms. The van der Waals surface area contributed by atoms with E-state index in [1.54, 1.807) is 24.3 Å². The van der Waals surface area contributed by atoms with Crippen LogP contribution in [0.3, 0.4) is 0 Å². The number of piperidine rings is 1. The molecule has 0 spiro atoms. The summed E-state index contributed by atoms with van der Waals surface area (Å²) >= 11 is 6.10. The molecule has 1 saturated heterocycles. The van der Waals surface area contributed by atoms with Crippen LogP contribution in [0.15, 0.2) is 47.4 Å². The fourth-order valence-electron chi connectivity index (χ4n) is 3.30. The van der Waals surface area contributed by atoms with Gasteiger partial charge in [0.2, 0.25) is 15.9 Å². The van der Waals surface area contributed by atoms with Crippen LogP contribution in [0.1, 0.15) is 35.7 Å². The van der Waals surface area contributed by atoms with E-state index in [9.17, 15) is 18.0 Å². The fourth-order valence-corrected chi connectivity index (χ4v) is 4.99. The fraction of sp³-hybridized carbons (Fsp3) is 0.333. The van der Waals surface area contributed by atoms with Crippen molar-refractivity contribution in [2.24, 2.45) is 5.92 Å². The number of rotatable bonds is 5. The maximum absolute atomic E-state index is 12.9. The lowest BCUT2D eigenvalue weighted by atomic mass is 9.97. The van der Waals surface area contributed by atoms with Crippen molar-refractivity contribution in [2.75, 3.05) is 18.4 Å². The number of hydrogen-bond donors (Lipinski definition) is 1. The number of amides is 1. The lowest BCUT2D eigenvalue weighted by Crippen LogP contribution is -2.41. The van der Waals surface area contributed by atoms with Gasteiger partial charge in [-0.1, -0.05) is 29.8 Å². The number of carbonyl (C=O) groups excluding carboxylic acids is 2. The quantitative estimate of drug-likeness (QED) is 0.723. The third-order valence-electron chi connectivity index (χ3n) is 5.14. The predicted molar refractivity (Wildman–Crippen MR) is 113 cm³/mol. The second-order valence-corrected chi connectivity index (χ2v) is 9.56. The van der Waals surface area contributed by atoms with E-state index in [2.05, 4.69) is 5.32 Å². The minimum Gasteiger partial charge on any atom is -0.326 e. The lowest BCUT2D eigenvalue weighted by molar-refractivity contribution is -0.120. The van der Waals surface area contributed by atoms with Gasteiger partial charge in [-0.05, 0) is 56.5 Å². The zero-order valence-electron chi connectivity index (χ0n) is 16.3. The molecule has 0 aromatic heterocycles. The first-order chi connectivity index (χ1) is 13.7. The van der Waals surface area contributed by atoms with Crippen molar-refractivity contribution in [1.29, 1.82) is 0 Å². The predicted octanol–water partition coefficient (Wildman–Crippen LogP) is 3.89. The summed E-state index contributed by atoms with van der Waals surface area (Å²) in [5.41, 5.74) is 1.91. The minimum atomic E-state index is -3.70. The average molecular weight is 435 g/mol. The maximum atomic E-state index is 12.9. The number of nitrogens with zero attached hydrogens (tertiary/aromatic N) is 1. The first-order valence-corrected chi connectivity index (χ1v) is 11.2. The van der Waals surface area contributed by atoms with Crippen molar-refractivity contribution in [3.63, 3.8) is 0 Å². The second kappa shape index (κ2) is 8.65. The Kier molecular flexibility index (Phi) is 6.41. The molecule has 154 valence electrons. The van der Waals surface area contributed by atoms with Crippen LogP contribution >= 0.6 is 11.6 Å². The summed E-state index contributed by atoms with van der Waals surface area (Å²) in [6.07, 6.45) is 0.855. The minimum absolute atomic E-state index is 0.0994. The van der Waals surface area contributed by atoms with E-state index in [1.165, 1.54) is 23.4 Å². The Hall–Kier alpha value is -2.22. The number of halogens is 1. The molecule has 3 rings (SSSR count). The van der Waals surface area contributed by atoms with Gasteiger partial charge in [0.15, 0.2) is 5.78 Å². The van der Waals surface area contributed by atoms with Crippen LogP contribution in [0.2, 0.25) is 5.02 Å². The molecule has 0 unspecified atom stereocenters. The molecule has 0 atom stereocenters. The smallest absolute Gasteiger partial charge is 0.243 e. The summed E-state index contributed by atoms with van der Waals surface area (Å²) in [7, 11) is -3.70. The molecule has 6 nitrogen and oxygen atoms in total. The van der Waals surface area contributed by atoms with Crippen LogP contribution in [0.4, 0.5) is 5.69 Å². The van der Waals surface area contributed by atoms with Gasteiger partial charge in [-0.15, -0.1) is 0 Å². The van der Waals surface area contributed by atoms with Gasteiger partial charge in [-0.3, -0.25) is 9.59 Å². The molecule has 1 amide bonds. The van der Waals surface area contributed by atoms with E-state index >= 15 is 0 Å². The Morgan fingerprint density at radius 3 is 2.41 bits per heavy atom. The molecule has 0 bridgehead atoms. The number of nitrogens with one attached hydrogen (secondary N) is 1. The number of aryl methyl sites for hydroxylation is 1. The number of benzene rings is 2. The zero-order chi connectivity index (χ0) is 21.2. The first-order valence-electron chi connectivity index (χ1n) is 9.36. The number of anilines is 1. The Bertz CT molecular complexity index is 1040. The van der Waals surface area contributed by atoms with Crippen molar-refractivity contribution < 1.29 is 18.0 Å². The molecule has 1 aliphatic heterocycles. The van der Waals surface area contributed by atoms with Crippen LogP contribution < -0.4 is 5.32 Å². The molecule has 1 fully saturated rings. The van der Waals surface area contributed by atoms with Crippen molar-refractivity contribution >= 4 is 39.0 Å². The lowest BCUT2D eigenvalue weighted by Gasteiger charge is -2.30. The van der Waals surface area contributed by atoms with Gasteiger partial charge < -0.3 is 5.32 Å². The molecule has 29 heavy (non-hydrogen) atoms. The van der Waals surface area contributed by atoms with Crippen LogP contribution in [-0.2, 0) is 14.8 Å². The number of sulfonamides is 1. The number of ketones is 1. The molecule has 0 aliphatic carbocycles. The summed E-state index contributed by atoms with van der Waals surface area (Å²) in [4.78, 5) is 24.2.